The summed E-state index contributed by atoms with van der Waals surface area (Å²) in [5.74, 6) is -1.80. The summed E-state index contributed by atoms with van der Waals surface area (Å²) in [6, 6.07) is 0. The van der Waals surface area contributed by atoms with Crippen LogP contribution in [0.1, 0.15) is 6.92 Å². The van der Waals surface area contributed by atoms with Crippen LogP contribution in [0.2, 0.25) is 0 Å². The van der Waals surface area contributed by atoms with Crippen molar-refractivity contribution in [3.8, 4) is 0 Å². The fourth-order valence-electron chi connectivity index (χ4n) is 2.92. The average molecular weight is 342 g/mol. The zero-order valence-corrected chi connectivity index (χ0v) is 12.7. The van der Waals surface area contributed by atoms with Gasteiger partial charge in [-0.15, -0.1) is 0 Å². The van der Waals surface area contributed by atoms with E-state index in [-0.39, 0.29) is 24.7 Å². The Morgan fingerprint density at radius 2 is 1.86 bits per heavy atom. The minimum Gasteiger partial charge on any atom is -0.430 e. The molecule has 11 heteroatoms. The fourth-order valence-corrected chi connectivity index (χ4v) is 5.92. The molecule has 4 unspecified atom stereocenters. The minimum atomic E-state index is -3.81. The Morgan fingerprint density at radius 1 is 1.14 bits per heavy atom. The molecule has 3 aliphatic heterocycles. The standard InChI is InChI=1S/C10H14O9S2/c1-10(5-16-9(11)18-10)8-7(4-21(14,15)19-8)6-2-17-20(12,13)3-6/h6-8H,2-5H2,1H3. The Labute approximate surface area is 121 Å². The molecule has 3 rings (SSSR count). The number of carbonyl (C=O) groups is 1. The Balaban J connectivity index is 1.89. The molecule has 0 aromatic carbocycles. The predicted octanol–water partition coefficient (Wildman–Crippen LogP) is -0.767. The van der Waals surface area contributed by atoms with Crippen LogP contribution in [0.15, 0.2) is 0 Å². The van der Waals surface area contributed by atoms with E-state index in [1.54, 1.807) is 0 Å². The summed E-state index contributed by atoms with van der Waals surface area (Å²) in [6.45, 7) is 1.25. The summed E-state index contributed by atoms with van der Waals surface area (Å²) < 4.78 is 65.8. The molecule has 120 valence electrons. The van der Waals surface area contributed by atoms with Gasteiger partial charge >= 0.3 is 6.16 Å². The highest BCUT2D eigenvalue weighted by molar-refractivity contribution is 7.87. The third-order valence-corrected chi connectivity index (χ3v) is 6.54. The molecule has 0 spiro atoms. The van der Waals surface area contributed by atoms with Crippen molar-refractivity contribution in [3.05, 3.63) is 0 Å². The lowest BCUT2D eigenvalue weighted by molar-refractivity contribution is -0.0456. The van der Waals surface area contributed by atoms with Crippen LogP contribution in [0, 0.1) is 11.8 Å². The van der Waals surface area contributed by atoms with Gasteiger partial charge in [-0.3, -0.25) is 8.37 Å². The topological polar surface area (TPSA) is 122 Å². The second-order valence-electron chi connectivity index (χ2n) is 5.63. The number of carbonyl (C=O) groups excluding carboxylic acids is 1. The zero-order chi connectivity index (χ0) is 15.5. The molecule has 0 radical (unpaired) electrons. The molecule has 3 aliphatic rings. The van der Waals surface area contributed by atoms with Crippen LogP contribution in [0.4, 0.5) is 4.79 Å². The van der Waals surface area contributed by atoms with E-state index < -0.39 is 49.9 Å². The summed E-state index contributed by atoms with van der Waals surface area (Å²) in [6.07, 6.45) is -1.89. The highest BCUT2D eigenvalue weighted by atomic mass is 32.2. The van der Waals surface area contributed by atoms with Gasteiger partial charge in [0.05, 0.1) is 18.1 Å². The molecule has 0 saturated carbocycles. The van der Waals surface area contributed by atoms with Gasteiger partial charge < -0.3 is 9.47 Å². The molecule has 0 amide bonds. The van der Waals surface area contributed by atoms with Crippen molar-refractivity contribution in [1.29, 1.82) is 0 Å². The van der Waals surface area contributed by atoms with Crippen LogP contribution in [-0.4, -0.2) is 59.4 Å². The molecule has 3 saturated heterocycles. The highest BCUT2D eigenvalue weighted by Gasteiger charge is 2.58. The molecule has 4 atom stereocenters. The van der Waals surface area contributed by atoms with Crippen molar-refractivity contribution in [1.82, 2.24) is 0 Å². The molecule has 0 aliphatic carbocycles. The number of cyclic esters (lactones) is 2. The molecule has 21 heavy (non-hydrogen) atoms. The van der Waals surface area contributed by atoms with Crippen LogP contribution in [0.5, 0.6) is 0 Å². The Hall–Kier alpha value is -0.910. The fraction of sp³-hybridized carbons (Fsp3) is 0.900. The van der Waals surface area contributed by atoms with E-state index >= 15 is 0 Å². The van der Waals surface area contributed by atoms with Crippen molar-refractivity contribution in [2.75, 3.05) is 24.7 Å². The van der Waals surface area contributed by atoms with E-state index in [1.165, 1.54) is 6.92 Å². The molecule has 0 bridgehead atoms. The van der Waals surface area contributed by atoms with E-state index in [9.17, 15) is 21.6 Å². The lowest BCUT2D eigenvalue weighted by Gasteiger charge is -2.30. The van der Waals surface area contributed by atoms with Crippen LogP contribution >= 0.6 is 0 Å². The van der Waals surface area contributed by atoms with Gasteiger partial charge in [0.25, 0.3) is 20.2 Å². The van der Waals surface area contributed by atoms with Gasteiger partial charge in [0, 0.05) is 11.8 Å². The summed E-state index contributed by atoms with van der Waals surface area (Å²) >= 11 is 0. The molecule has 3 heterocycles. The maximum atomic E-state index is 11.8. The van der Waals surface area contributed by atoms with Crippen LogP contribution in [0.3, 0.4) is 0 Å². The zero-order valence-electron chi connectivity index (χ0n) is 11.1. The van der Waals surface area contributed by atoms with Crippen molar-refractivity contribution in [2.45, 2.75) is 18.6 Å². The molecule has 0 N–H and O–H groups in total. The monoisotopic (exact) mass is 342 g/mol. The third kappa shape index (κ3) is 2.74. The van der Waals surface area contributed by atoms with E-state index in [4.69, 9.17) is 13.7 Å². The average Bonchev–Trinajstić information content (AvgIpc) is 2.96. The molecular formula is C10H14O9S2. The lowest BCUT2D eigenvalue weighted by Crippen LogP contribution is -2.48. The normalized spacial score (nSPS) is 44.4. The Morgan fingerprint density at radius 3 is 2.38 bits per heavy atom. The maximum absolute atomic E-state index is 11.8. The number of rotatable bonds is 2. The largest absolute Gasteiger partial charge is 0.509 e. The van der Waals surface area contributed by atoms with Gasteiger partial charge in [-0.1, -0.05) is 0 Å². The quantitative estimate of drug-likeness (QED) is 0.470. The molecule has 0 aromatic heterocycles. The van der Waals surface area contributed by atoms with E-state index in [2.05, 4.69) is 4.18 Å². The van der Waals surface area contributed by atoms with E-state index in [0.717, 1.165) is 0 Å². The van der Waals surface area contributed by atoms with Gasteiger partial charge in [-0.25, -0.2) is 4.79 Å². The summed E-state index contributed by atoms with van der Waals surface area (Å²) in [5.41, 5.74) is -1.27. The second kappa shape index (κ2) is 4.54. The number of hydrogen-bond acceptors (Lipinski definition) is 9. The first-order valence-electron chi connectivity index (χ1n) is 6.24. The lowest BCUT2D eigenvalue weighted by atomic mass is 9.82. The van der Waals surface area contributed by atoms with Gasteiger partial charge in [-0.2, -0.15) is 16.8 Å². The van der Waals surface area contributed by atoms with Gasteiger partial charge in [-0.05, 0) is 6.92 Å². The first-order chi connectivity index (χ1) is 9.60. The number of ether oxygens (including phenoxy) is 2. The predicted molar refractivity (Wildman–Crippen MR) is 66.2 cm³/mol. The van der Waals surface area contributed by atoms with Crippen molar-refractivity contribution < 1.29 is 39.5 Å². The maximum Gasteiger partial charge on any atom is 0.509 e. The van der Waals surface area contributed by atoms with Gasteiger partial charge in [0.15, 0.2) is 5.60 Å². The molecule has 3 fully saturated rings. The Kier molecular flexibility index (Phi) is 3.24. The van der Waals surface area contributed by atoms with Crippen molar-refractivity contribution >= 4 is 26.4 Å². The summed E-state index contributed by atoms with van der Waals surface area (Å²) in [7, 11) is -7.45. The minimum absolute atomic E-state index is 0.104. The molecule has 0 aromatic rings. The van der Waals surface area contributed by atoms with Crippen molar-refractivity contribution in [2.24, 2.45) is 11.8 Å². The van der Waals surface area contributed by atoms with Crippen LogP contribution in [-0.2, 0) is 38.1 Å². The molecule has 9 nitrogen and oxygen atoms in total. The second-order valence-corrected chi connectivity index (χ2v) is 8.95. The molecular weight excluding hydrogens is 328 g/mol. The first-order valence-corrected chi connectivity index (χ1v) is 9.40. The van der Waals surface area contributed by atoms with E-state index in [0.29, 0.717) is 0 Å². The highest BCUT2D eigenvalue weighted by Crippen LogP contribution is 2.41. The van der Waals surface area contributed by atoms with Crippen LogP contribution in [0.25, 0.3) is 0 Å². The van der Waals surface area contributed by atoms with Gasteiger partial charge in [0.1, 0.15) is 12.7 Å². The van der Waals surface area contributed by atoms with Crippen LogP contribution < -0.4 is 0 Å². The SMILES string of the molecule is CC1(C2OS(=O)(=O)CC2C2COS(=O)(=O)C2)COC(=O)O1. The van der Waals surface area contributed by atoms with Crippen molar-refractivity contribution in [3.63, 3.8) is 0 Å². The first kappa shape index (κ1) is 15.0. The third-order valence-electron chi connectivity index (χ3n) is 3.92. The van der Waals surface area contributed by atoms with E-state index in [1.807, 2.05) is 0 Å². The summed E-state index contributed by atoms with van der Waals surface area (Å²) in [4.78, 5) is 11.1. The summed E-state index contributed by atoms with van der Waals surface area (Å²) in [5, 5.41) is 0. The smallest absolute Gasteiger partial charge is 0.430 e. The number of hydrogen-bond donors (Lipinski definition) is 0. The van der Waals surface area contributed by atoms with Gasteiger partial charge in [0.2, 0.25) is 0 Å². The Bertz CT molecular complexity index is 667.